The average molecular weight is 245 g/mol. The standard InChI is InChI=1S/C14H15NO3/c1-17-14(16)11-8(5-15)12-9-6-2-3-7(4-6)10(9)13(11)18-12/h2-3,6-13H,4H2,1H3. The van der Waals surface area contributed by atoms with Crippen molar-refractivity contribution in [1.82, 2.24) is 0 Å². The number of esters is 1. The van der Waals surface area contributed by atoms with Gasteiger partial charge >= 0.3 is 5.97 Å². The molecule has 4 rings (SSSR count). The summed E-state index contributed by atoms with van der Waals surface area (Å²) < 4.78 is 10.9. The molecule has 94 valence electrons. The molecule has 4 aliphatic rings. The molecule has 4 heteroatoms. The third-order valence-corrected chi connectivity index (χ3v) is 5.37. The lowest BCUT2D eigenvalue weighted by Crippen LogP contribution is -2.44. The Labute approximate surface area is 106 Å². The molecule has 0 spiro atoms. The summed E-state index contributed by atoms with van der Waals surface area (Å²) in [6.07, 6.45) is 5.56. The van der Waals surface area contributed by atoms with Gasteiger partial charge in [0, 0.05) is 0 Å². The van der Waals surface area contributed by atoms with Gasteiger partial charge in [0.1, 0.15) is 5.92 Å². The predicted molar refractivity (Wildman–Crippen MR) is 61.0 cm³/mol. The first-order valence-corrected chi connectivity index (χ1v) is 6.57. The highest BCUT2D eigenvalue weighted by molar-refractivity contribution is 5.75. The van der Waals surface area contributed by atoms with Gasteiger partial charge in [0.2, 0.25) is 0 Å². The Bertz CT molecular complexity index is 480. The highest BCUT2D eigenvalue weighted by Crippen LogP contribution is 2.63. The summed E-state index contributed by atoms with van der Waals surface area (Å²) in [4.78, 5) is 11.9. The molecule has 0 aromatic rings. The van der Waals surface area contributed by atoms with E-state index in [4.69, 9.17) is 9.47 Å². The van der Waals surface area contributed by atoms with Crippen LogP contribution in [0.5, 0.6) is 0 Å². The van der Waals surface area contributed by atoms with Crippen LogP contribution >= 0.6 is 0 Å². The van der Waals surface area contributed by atoms with Crippen molar-refractivity contribution in [2.45, 2.75) is 18.6 Å². The largest absolute Gasteiger partial charge is 0.469 e. The lowest BCUT2D eigenvalue weighted by atomic mass is 9.65. The summed E-state index contributed by atoms with van der Waals surface area (Å²) in [7, 11) is 1.39. The third-order valence-electron chi connectivity index (χ3n) is 5.37. The van der Waals surface area contributed by atoms with E-state index in [2.05, 4.69) is 18.2 Å². The minimum Gasteiger partial charge on any atom is -0.469 e. The number of rotatable bonds is 1. The summed E-state index contributed by atoms with van der Waals surface area (Å²) >= 11 is 0. The minimum absolute atomic E-state index is 0.0611. The Balaban J connectivity index is 1.73. The normalized spacial score (nSPS) is 54.4. The number of nitrogens with zero attached hydrogens (tertiary/aromatic N) is 1. The van der Waals surface area contributed by atoms with Gasteiger partial charge in [-0.25, -0.2) is 0 Å². The zero-order valence-corrected chi connectivity index (χ0v) is 10.2. The van der Waals surface area contributed by atoms with Gasteiger partial charge < -0.3 is 9.47 Å². The Morgan fingerprint density at radius 1 is 1.33 bits per heavy atom. The average Bonchev–Trinajstić information content (AvgIpc) is 3.12. The number of carbonyl (C=O) groups is 1. The van der Waals surface area contributed by atoms with E-state index in [9.17, 15) is 10.1 Å². The van der Waals surface area contributed by atoms with Crippen molar-refractivity contribution >= 4 is 5.97 Å². The maximum atomic E-state index is 11.9. The van der Waals surface area contributed by atoms with Gasteiger partial charge in [0.25, 0.3) is 0 Å². The first-order chi connectivity index (χ1) is 8.76. The Morgan fingerprint density at radius 3 is 2.61 bits per heavy atom. The van der Waals surface area contributed by atoms with E-state index in [1.807, 2.05) is 0 Å². The molecule has 2 aliphatic heterocycles. The van der Waals surface area contributed by atoms with E-state index in [1.165, 1.54) is 13.5 Å². The van der Waals surface area contributed by atoms with Crippen LogP contribution < -0.4 is 0 Å². The second-order valence-electron chi connectivity index (χ2n) is 5.87. The molecule has 4 bridgehead atoms. The number of ether oxygens (including phenoxy) is 2. The first-order valence-electron chi connectivity index (χ1n) is 6.57. The maximum Gasteiger partial charge on any atom is 0.312 e. The lowest BCUT2D eigenvalue weighted by molar-refractivity contribution is -0.149. The van der Waals surface area contributed by atoms with Gasteiger partial charge in [-0.15, -0.1) is 0 Å². The van der Waals surface area contributed by atoms with Crippen molar-refractivity contribution < 1.29 is 14.3 Å². The monoisotopic (exact) mass is 245 g/mol. The van der Waals surface area contributed by atoms with Crippen LogP contribution in [0.2, 0.25) is 0 Å². The summed E-state index contributed by atoms with van der Waals surface area (Å²) in [5.74, 6) is 1.01. The van der Waals surface area contributed by atoms with E-state index in [-0.39, 0.29) is 30.0 Å². The highest BCUT2D eigenvalue weighted by Gasteiger charge is 2.68. The molecule has 0 N–H and O–H groups in total. The number of hydrogen-bond donors (Lipinski definition) is 0. The van der Waals surface area contributed by atoms with E-state index in [0.29, 0.717) is 23.7 Å². The maximum absolute atomic E-state index is 11.9. The SMILES string of the molecule is COC(=O)C1C(C#N)C2OC1C1C3C=CC(C3)C21. The summed E-state index contributed by atoms with van der Waals surface area (Å²) in [5.41, 5.74) is 0. The molecule has 4 nitrogen and oxygen atoms in total. The van der Waals surface area contributed by atoms with Crippen LogP contribution in [0.1, 0.15) is 6.42 Å². The van der Waals surface area contributed by atoms with Crippen molar-refractivity contribution in [2.75, 3.05) is 7.11 Å². The second kappa shape index (κ2) is 3.36. The predicted octanol–water partition coefficient (Wildman–Crippen LogP) is 1.13. The fourth-order valence-electron chi connectivity index (χ4n) is 4.81. The molecular formula is C14H15NO3. The molecule has 0 radical (unpaired) electrons. The van der Waals surface area contributed by atoms with Gasteiger partial charge in [-0.05, 0) is 30.1 Å². The Morgan fingerprint density at radius 2 is 2.00 bits per heavy atom. The number of methoxy groups -OCH3 is 1. The summed E-state index contributed by atoms with van der Waals surface area (Å²) in [5, 5.41) is 9.34. The van der Waals surface area contributed by atoms with Crippen molar-refractivity contribution in [1.29, 1.82) is 5.26 Å². The van der Waals surface area contributed by atoms with E-state index in [0.717, 1.165) is 0 Å². The van der Waals surface area contributed by atoms with Crippen LogP contribution in [0.4, 0.5) is 0 Å². The third kappa shape index (κ3) is 1.03. The molecule has 2 saturated heterocycles. The number of fused-ring (bicyclic) bond motifs is 9. The lowest BCUT2D eigenvalue weighted by Gasteiger charge is -2.34. The molecular weight excluding hydrogens is 230 g/mol. The first kappa shape index (κ1) is 10.6. The minimum atomic E-state index is -0.376. The zero-order valence-electron chi connectivity index (χ0n) is 10.2. The quantitative estimate of drug-likeness (QED) is 0.513. The second-order valence-corrected chi connectivity index (χ2v) is 5.87. The Hall–Kier alpha value is -1.34. The van der Waals surface area contributed by atoms with Crippen LogP contribution in [0.3, 0.4) is 0 Å². The van der Waals surface area contributed by atoms with Crippen molar-refractivity contribution in [2.24, 2.45) is 35.5 Å². The zero-order chi connectivity index (χ0) is 12.4. The van der Waals surface area contributed by atoms with Crippen molar-refractivity contribution in [3.05, 3.63) is 12.2 Å². The Kier molecular flexibility index (Phi) is 1.97. The van der Waals surface area contributed by atoms with Crippen LogP contribution in [0, 0.1) is 46.8 Å². The van der Waals surface area contributed by atoms with E-state index >= 15 is 0 Å². The van der Waals surface area contributed by atoms with Gasteiger partial charge in [-0.3, -0.25) is 4.79 Å². The number of allylic oxidation sites excluding steroid dienone is 2. The number of carbonyl (C=O) groups excluding carboxylic acids is 1. The van der Waals surface area contributed by atoms with Gasteiger partial charge in [-0.1, -0.05) is 12.2 Å². The molecule has 1 saturated carbocycles. The van der Waals surface area contributed by atoms with Gasteiger partial charge in [0.05, 0.1) is 31.3 Å². The topological polar surface area (TPSA) is 59.3 Å². The van der Waals surface area contributed by atoms with Crippen LogP contribution in [0.25, 0.3) is 0 Å². The van der Waals surface area contributed by atoms with Crippen LogP contribution in [-0.2, 0) is 14.3 Å². The number of nitriles is 1. The molecule has 3 fully saturated rings. The fourth-order valence-corrected chi connectivity index (χ4v) is 4.81. The van der Waals surface area contributed by atoms with Gasteiger partial charge in [-0.2, -0.15) is 5.26 Å². The van der Waals surface area contributed by atoms with E-state index < -0.39 is 0 Å². The summed E-state index contributed by atoms with van der Waals surface area (Å²) in [6.45, 7) is 0. The molecule has 0 aromatic carbocycles. The number of hydrogen-bond acceptors (Lipinski definition) is 4. The van der Waals surface area contributed by atoms with E-state index in [1.54, 1.807) is 0 Å². The summed E-state index contributed by atoms with van der Waals surface area (Å²) in [6, 6.07) is 2.28. The molecule has 2 heterocycles. The van der Waals surface area contributed by atoms with Crippen molar-refractivity contribution in [3.8, 4) is 6.07 Å². The molecule has 8 unspecified atom stereocenters. The van der Waals surface area contributed by atoms with Crippen LogP contribution in [-0.4, -0.2) is 25.3 Å². The fraction of sp³-hybridized carbons (Fsp3) is 0.714. The smallest absolute Gasteiger partial charge is 0.312 e. The molecule has 18 heavy (non-hydrogen) atoms. The molecule has 0 aromatic heterocycles. The molecule has 2 aliphatic carbocycles. The highest BCUT2D eigenvalue weighted by atomic mass is 16.5. The molecule has 0 amide bonds. The van der Waals surface area contributed by atoms with Crippen LogP contribution in [0.15, 0.2) is 12.2 Å². The van der Waals surface area contributed by atoms with Gasteiger partial charge in [0.15, 0.2) is 0 Å². The van der Waals surface area contributed by atoms with Crippen molar-refractivity contribution in [3.63, 3.8) is 0 Å². The molecule has 8 atom stereocenters.